The molecule has 0 amide bonds. The summed E-state index contributed by atoms with van der Waals surface area (Å²) in [5.74, 6) is 1.63. The van der Waals surface area contributed by atoms with Gasteiger partial charge in [-0.25, -0.2) is 0 Å². The fourth-order valence-corrected chi connectivity index (χ4v) is 2.15. The highest BCUT2D eigenvalue weighted by atomic mass is 35.5. The van der Waals surface area contributed by atoms with Gasteiger partial charge in [0.05, 0.1) is 0 Å². The molecule has 0 saturated heterocycles. The summed E-state index contributed by atoms with van der Waals surface area (Å²) in [5, 5.41) is 4.01. The second-order valence-electron chi connectivity index (χ2n) is 4.57. The molecule has 0 spiro atoms. The van der Waals surface area contributed by atoms with Crippen molar-refractivity contribution < 1.29 is 4.74 Å². The van der Waals surface area contributed by atoms with E-state index in [4.69, 9.17) is 16.3 Å². The van der Waals surface area contributed by atoms with Crippen LogP contribution in [0.5, 0.6) is 11.5 Å². The van der Waals surface area contributed by atoms with Gasteiger partial charge in [-0.15, -0.1) is 0 Å². The largest absolute Gasteiger partial charge is 0.457 e. The summed E-state index contributed by atoms with van der Waals surface area (Å²) in [5.41, 5.74) is 1.94. The average Bonchev–Trinajstić information content (AvgIpc) is 2.50. The molecule has 0 aromatic heterocycles. The van der Waals surface area contributed by atoms with Crippen molar-refractivity contribution in [1.29, 1.82) is 0 Å². The Bertz CT molecular complexity index is 711. The molecule has 0 heterocycles. The van der Waals surface area contributed by atoms with Gasteiger partial charge in [-0.2, -0.15) is 0 Å². The van der Waals surface area contributed by atoms with E-state index in [1.54, 1.807) is 0 Å². The van der Waals surface area contributed by atoms with Crippen LogP contribution in [0.25, 0.3) is 0 Å². The smallest absolute Gasteiger partial charge is 0.127 e. The Morgan fingerprint density at radius 3 is 2.10 bits per heavy atom. The molecule has 21 heavy (non-hydrogen) atoms. The standard InChI is InChI=1S/C18H14ClNO/c19-14-5-4-6-16(13-14)20-15-9-11-18(12-10-15)21-17-7-2-1-3-8-17/h1-13,20H. The van der Waals surface area contributed by atoms with Crippen LogP contribution in [-0.4, -0.2) is 0 Å². The van der Waals surface area contributed by atoms with Crippen LogP contribution in [-0.2, 0) is 0 Å². The number of anilines is 2. The summed E-state index contributed by atoms with van der Waals surface area (Å²) in [6.45, 7) is 0. The molecule has 3 aromatic carbocycles. The van der Waals surface area contributed by atoms with Gasteiger partial charge in [0.15, 0.2) is 0 Å². The van der Waals surface area contributed by atoms with E-state index in [-0.39, 0.29) is 0 Å². The average molecular weight is 296 g/mol. The third-order valence-electron chi connectivity index (χ3n) is 2.95. The molecule has 0 atom stereocenters. The Labute approximate surface area is 129 Å². The lowest BCUT2D eigenvalue weighted by Crippen LogP contribution is -1.90. The predicted octanol–water partition coefficient (Wildman–Crippen LogP) is 5.88. The summed E-state index contributed by atoms with van der Waals surface area (Å²) in [6.07, 6.45) is 0. The second-order valence-corrected chi connectivity index (χ2v) is 5.01. The number of hydrogen-bond donors (Lipinski definition) is 1. The minimum atomic E-state index is 0.712. The highest BCUT2D eigenvalue weighted by Gasteiger charge is 1.99. The lowest BCUT2D eigenvalue weighted by molar-refractivity contribution is 0.483. The monoisotopic (exact) mass is 295 g/mol. The Hall–Kier alpha value is -2.45. The lowest BCUT2D eigenvalue weighted by atomic mass is 10.2. The van der Waals surface area contributed by atoms with E-state index in [1.165, 1.54) is 0 Å². The first kappa shape index (κ1) is 13.5. The molecule has 3 rings (SSSR count). The summed E-state index contributed by atoms with van der Waals surface area (Å²) >= 11 is 5.97. The molecule has 2 nitrogen and oxygen atoms in total. The third-order valence-corrected chi connectivity index (χ3v) is 3.18. The van der Waals surface area contributed by atoms with Crippen molar-refractivity contribution in [1.82, 2.24) is 0 Å². The number of nitrogens with one attached hydrogen (secondary N) is 1. The van der Waals surface area contributed by atoms with E-state index in [0.717, 1.165) is 22.9 Å². The zero-order chi connectivity index (χ0) is 14.5. The molecule has 0 fully saturated rings. The third kappa shape index (κ3) is 3.77. The maximum absolute atomic E-state index is 5.97. The van der Waals surface area contributed by atoms with Crippen LogP contribution in [0.15, 0.2) is 78.9 Å². The van der Waals surface area contributed by atoms with Gasteiger partial charge >= 0.3 is 0 Å². The number of ether oxygens (including phenoxy) is 1. The van der Waals surface area contributed by atoms with Crippen LogP contribution in [0.1, 0.15) is 0 Å². The minimum Gasteiger partial charge on any atom is -0.457 e. The molecule has 104 valence electrons. The van der Waals surface area contributed by atoms with Crippen LogP contribution in [0, 0.1) is 0 Å². The molecule has 0 bridgehead atoms. The molecule has 0 saturated carbocycles. The first-order valence-corrected chi connectivity index (χ1v) is 7.03. The van der Waals surface area contributed by atoms with Gasteiger partial charge in [-0.3, -0.25) is 0 Å². The van der Waals surface area contributed by atoms with Crippen LogP contribution >= 0.6 is 11.6 Å². The molecule has 0 aliphatic heterocycles. The van der Waals surface area contributed by atoms with Crippen molar-refractivity contribution in [2.24, 2.45) is 0 Å². The van der Waals surface area contributed by atoms with Gasteiger partial charge in [0.1, 0.15) is 11.5 Å². The normalized spacial score (nSPS) is 10.1. The maximum Gasteiger partial charge on any atom is 0.127 e. The number of para-hydroxylation sites is 1. The fourth-order valence-electron chi connectivity index (χ4n) is 1.96. The summed E-state index contributed by atoms with van der Waals surface area (Å²) in [4.78, 5) is 0. The first-order chi connectivity index (χ1) is 10.3. The van der Waals surface area contributed by atoms with Gasteiger partial charge in [0.25, 0.3) is 0 Å². The second kappa shape index (κ2) is 6.33. The Morgan fingerprint density at radius 1 is 0.667 bits per heavy atom. The van der Waals surface area contributed by atoms with E-state index in [0.29, 0.717) is 5.02 Å². The van der Waals surface area contributed by atoms with Crippen molar-refractivity contribution in [3.8, 4) is 11.5 Å². The molecule has 3 heteroatoms. The topological polar surface area (TPSA) is 21.3 Å². The number of benzene rings is 3. The highest BCUT2D eigenvalue weighted by molar-refractivity contribution is 6.30. The van der Waals surface area contributed by atoms with Crippen molar-refractivity contribution in [2.75, 3.05) is 5.32 Å². The molecule has 3 aromatic rings. The van der Waals surface area contributed by atoms with Crippen molar-refractivity contribution in [3.05, 3.63) is 83.9 Å². The van der Waals surface area contributed by atoms with Crippen molar-refractivity contribution in [3.63, 3.8) is 0 Å². The van der Waals surface area contributed by atoms with Crippen LogP contribution < -0.4 is 10.1 Å². The van der Waals surface area contributed by atoms with Crippen LogP contribution in [0.3, 0.4) is 0 Å². The highest BCUT2D eigenvalue weighted by Crippen LogP contribution is 2.25. The molecule has 0 radical (unpaired) electrons. The predicted molar refractivity (Wildman–Crippen MR) is 87.7 cm³/mol. The zero-order valence-electron chi connectivity index (χ0n) is 11.3. The van der Waals surface area contributed by atoms with Crippen LogP contribution in [0.4, 0.5) is 11.4 Å². The van der Waals surface area contributed by atoms with Gasteiger partial charge in [-0.05, 0) is 54.6 Å². The molecule has 1 N–H and O–H groups in total. The fraction of sp³-hybridized carbons (Fsp3) is 0. The quantitative estimate of drug-likeness (QED) is 0.649. The van der Waals surface area contributed by atoms with Crippen molar-refractivity contribution in [2.45, 2.75) is 0 Å². The van der Waals surface area contributed by atoms with Crippen LogP contribution in [0.2, 0.25) is 5.02 Å². The molecule has 0 unspecified atom stereocenters. The Kier molecular flexibility index (Phi) is 4.08. The SMILES string of the molecule is Clc1cccc(Nc2ccc(Oc3ccccc3)cc2)c1. The van der Waals surface area contributed by atoms with Gasteiger partial charge in [0.2, 0.25) is 0 Å². The maximum atomic E-state index is 5.97. The molecule has 0 aliphatic rings. The van der Waals surface area contributed by atoms with Gasteiger partial charge in [-0.1, -0.05) is 35.9 Å². The lowest BCUT2D eigenvalue weighted by Gasteiger charge is -2.09. The summed E-state index contributed by atoms with van der Waals surface area (Å²) in [7, 11) is 0. The van der Waals surface area contributed by atoms with Gasteiger partial charge in [0, 0.05) is 16.4 Å². The van der Waals surface area contributed by atoms with E-state index in [2.05, 4.69) is 5.32 Å². The Balaban J connectivity index is 1.69. The van der Waals surface area contributed by atoms with E-state index in [9.17, 15) is 0 Å². The van der Waals surface area contributed by atoms with Gasteiger partial charge < -0.3 is 10.1 Å². The van der Waals surface area contributed by atoms with E-state index < -0.39 is 0 Å². The summed E-state index contributed by atoms with van der Waals surface area (Å²) < 4.78 is 5.75. The van der Waals surface area contributed by atoms with E-state index >= 15 is 0 Å². The molecule has 0 aliphatic carbocycles. The number of halogens is 1. The molecular formula is C18H14ClNO. The number of hydrogen-bond acceptors (Lipinski definition) is 2. The summed E-state index contributed by atoms with van der Waals surface area (Å²) in [6, 6.07) is 25.1. The van der Waals surface area contributed by atoms with Crippen molar-refractivity contribution >= 4 is 23.0 Å². The minimum absolute atomic E-state index is 0.712. The van der Waals surface area contributed by atoms with E-state index in [1.807, 2.05) is 78.9 Å². The molecular weight excluding hydrogens is 282 g/mol. The Morgan fingerprint density at radius 2 is 1.38 bits per heavy atom. The first-order valence-electron chi connectivity index (χ1n) is 6.65. The number of rotatable bonds is 4. The zero-order valence-corrected chi connectivity index (χ0v) is 12.0.